The molecule has 0 fully saturated rings. The molecule has 0 N–H and O–H groups in total. The van der Waals surface area contributed by atoms with E-state index in [2.05, 4.69) is 20.9 Å². The van der Waals surface area contributed by atoms with E-state index in [0.717, 1.165) is 21.1 Å². The molecule has 1 heterocycles. The van der Waals surface area contributed by atoms with Crippen LogP contribution in [-0.4, -0.2) is 4.98 Å². The molecule has 3 aromatic rings. The highest BCUT2D eigenvalue weighted by atomic mass is 79.9. The lowest BCUT2D eigenvalue weighted by Crippen LogP contribution is -1.75. The lowest BCUT2D eigenvalue weighted by molar-refractivity contribution is 0.618. The fraction of sp³-hybridized carbons (Fsp3) is 0. The van der Waals surface area contributed by atoms with E-state index in [1.54, 1.807) is 0 Å². The molecule has 0 atom stereocenters. The van der Waals surface area contributed by atoms with Crippen LogP contribution in [0.25, 0.3) is 22.6 Å². The predicted molar refractivity (Wildman–Crippen MR) is 72.2 cm³/mol. The van der Waals surface area contributed by atoms with Crippen molar-refractivity contribution in [3.63, 3.8) is 0 Å². The van der Waals surface area contributed by atoms with Crippen LogP contribution in [0, 0.1) is 0 Å². The highest BCUT2D eigenvalue weighted by Gasteiger charge is 2.09. The number of nitrogens with zero attached hydrogens (tertiary/aromatic N) is 1. The molecule has 0 amide bonds. The van der Waals surface area contributed by atoms with Gasteiger partial charge in [0, 0.05) is 10.6 Å². The Morgan fingerprint density at radius 3 is 2.53 bits per heavy atom. The molecular weight excluding hydrogens is 302 g/mol. The van der Waals surface area contributed by atoms with Crippen LogP contribution < -0.4 is 0 Å². The Morgan fingerprint density at radius 2 is 1.82 bits per heavy atom. The van der Waals surface area contributed by atoms with Crippen molar-refractivity contribution >= 4 is 38.6 Å². The van der Waals surface area contributed by atoms with Crippen molar-refractivity contribution in [3.05, 3.63) is 52.0 Å². The van der Waals surface area contributed by atoms with Crippen LogP contribution >= 0.6 is 27.5 Å². The Hall–Kier alpha value is -1.32. The van der Waals surface area contributed by atoms with E-state index in [0.29, 0.717) is 10.9 Å². The third-order valence-electron chi connectivity index (χ3n) is 2.46. The van der Waals surface area contributed by atoms with E-state index in [1.165, 1.54) is 0 Å². The summed E-state index contributed by atoms with van der Waals surface area (Å²) in [5.74, 6) is 0.601. The van der Waals surface area contributed by atoms with Crippen molar-refractivity contribution in [3.8, 4) is 11.5 Å². The van der Waals surface area contributed by atoms with Crippen molar-refractivity contribution in [2.45, 2.75) is 0 Å². The third-order valence-corrected chi connectivity index (χ3v) is 3.33. The molecule has 0 aliphatic heterocycles. The molecule has 0 saturated carbocycles. The third kappa shape index (κ3) is 1.96. The van der Waals surface area contributed by atoms with Gasteiger partial charge in [0.25, 0.3) is 0 Å². The summed E-state index contributed by atoms with van der Waals surface area (Å²) in [7, 11) is 0. The SMILES string of the molecule is Clc1ccc(-c2nc3cccc(Br)c3o2)cc1. The molecule has 17 heavy (non-hydrogen) atoms. The van der Waals surface area contributed by atoms with Gasteiger partial charge in [0.1, 0.15) is 5.52 Å². The highest BCUT2D eigenvalue weighted by molar-refractivity contribution is 9.10. The molecule has 0 spiro atoms. The Kier molecular flexibility index (Phi) is 2.65. The first-order valence-corrected chi connectivity index (χ1v) is 6.22. The van der Waals surface area contributed by atoms with E-state index in [9.17, 15) is 0 Å². The quantitative estimate of drug-likeness (QED) is 0.638. The van der Waals surface area contributed by atoms with Gasteiger partial charge >= 0.3 is 0 Å². The van der Waals surface area contributed by atoms with E-state index in [1.807, 2.05) is 42.5 Å². The molecule has 1 aromatic heterocycles. The van der Waals surface area contributed by atoms with E-state index < -0.39 is 0 Å². The van der Waals surface area contributed by atoms with Gasteiger partial charge in [-0.1, -0.05) is 17.7 Å². The summed E-state index contributed by atoms with van der Waals surface area (Å²) in [5, 5.41) is 0.700. The van der Waals surface area contributed by atoms with Crippen LogP contribution in [-0.2, 0) is 0 Å². The Morgan fingerprint density at radius 1 is 1.06 bits per heavy atom. The zero-order valence-electron chi connectivity index (χ0n) is 8.65. The van der Waals surface area contributed by atoms with Gasteiger partial charge in [-0.05, 0) is 52.3 Å². The number of oxazole rings is 1. The maximum Gasteiger partial charge on any atom is 0.227 e. The molecule has 2 nitrogen and oxygen atoms in total. The lowest BCUT2D eigenvalue weighted by Gasteiger charge is -1.94. The van der Waals surface area contributed by atoms with Crippen molar-refractivity contribution in [2.24, 2.45) is 0 Å². The molecule has 84 valence electrons. The largest absolute Gasteiger partial charge is 0.435 e. The lowest BCUT2D eigenvalue weighted by atomic mass is 10.2. The molecule has 0 radical (unpaired) electrons. The van der Waals surface area contributed by atoms with Crippen LogP contribution in [0.2, 0.25) is 5.02 Å². The maximum absolute atomic E-state index is 5.84. The summed E-state index contributed by atoms with van der Waals surface area (Å²) in [6, 6.07) is 13.2. The van der Waals surface area contributed by atoms with Crippen molar-refractivity contribution in [1.82, 2.24) is 4.98 Å². The van der Waals surface area contributed by atoms with Crippen molar-refractivity contribution in [2.75, 3.05) is 0 Å². The molecule has 3 rings (SSSR count). The maximum atomic E-state index is 5.84. The van der Waals surface area contributed by atoms with E-state index in [-0.39, 0.29) is 0 Å². The number of fused-ring (bicyclic) bond motifs is 1. The Labute approximate surface area is 111 Å². The van der Waals surface area contributed by atoms with Gasteiger partial charge in [-0.3, -0.25) is 0 Å². The molecule has 0 unspecified atom stereocenters. The number of para-hydroxylation sites is 1. The average molecular weight is 309 g/mol. The fourth-order valence-electron chi connectivity index (χ4n) is 1.63. The molecule has 2 aromatic carbocycles. The zero-order chi connectivity index (χ0) is 11.8. The van der Waals surface area contributed by atoms with Gasteiger partial charge in [-0.2, -0.15) is 0 Å². The summed E-state index contributed by atoms with van der Waals surface area (Å²) >= 11 is 9.28. The van der Waals surface area contributed by atoms with Crippen LogP contribution in [0.3, 0.4) is 0 Å². The minimum absolute atomic E-state index is 0.601. The highest BCUT2D eigenvalue weighted by Crippen LogP contribution is 2.29. The minimum Gasteiger partial charge on any atom is -0.435 e. The standard InChI is InChI=1S/C13H7BrClNO/c14-10-2-1-3-11-12(10)17-13(16-11)8-4-6-9(15)7-5-8/h1-7H. The summed E-state index contributed by atoms with van der Waals surface area (Å²) < 4.78 is 6.63. The van der Waals surface area contributed by atoms with Gasteiger partial charge in [-0.25, -0.2) is 4.98 Å². The van der Waals surface area contributed by atoms with Crippen LogP contribution in [0.15, 0.2) is 51.4 Å². The molecular formula is C13H7BrClNO. The Bertz CT molecular complexity index is 675. The number of halogens is 2. The number of hydrogen-bond acceptors (Lipinski definition) is 2. The monoisotopic (exact) mass is 307 g/mol. The van der Waals surface area contributed by atoms with Crippen LogP contribution in [0.5, 0.6) is 0 Å². The number of rotatable bonds is 1. The molecule has 0 bridgehead atoms. The predicted octanol–water partition coefficient (Wildman–Crippen LogP) is 4.91. The first-order valence-electron chi connectivity index (χ1n) is 5.05. The van der Waals surface area contributed by atoms with Crippen molar-refractivity contribution in [1.29, 1.82) is 0 Å². The first-order chi connectivity index (χ1) is 8.24. The number of benzene rings is 2. The van der Waals surface area contributed by atoms with Crippen LogP contribution in [0.1, 0.15) is 0 Å². The normalized spacial score (nSPS) is 10.9. The number of aromatic nitrogens is 1. The summed E-state index contributed by atoms with van der Waals surface area (Å²) in [6.45, 7) is 0. The van der Waals surface area contributed by atoms with Crippen LogP contribution in [0.4, 0.5) is 0 Å². The molecule has 0 aliphatic rings. The van der Waals surface area contributed by atoms with E-state index in [4.69, 9.17) is 16.0 Å². The fourth-order valence-corrected chi connectivity index (χ4v) is 2.19. The van der Waals surface area contributed by atoms with E-state index >= 15 is 0 Å². The second-order valence-electron chi connectivity index (χ2n) is 3.61. The van der Waals surface area contributed by atoms with Gasteiger partial charge in [0.2, 0.25) is 5.89 Å². The zero-order valence-corrected chi connectivity index (χ0v) is 11.0. The van der Waals surface area contributed by atoms with Gasteiger partial charge in [-0.15, -0.1) is 0 Å². The summed E-state index contributed by atoms with van der Waals surface area (Å²) in [4.78, 5) is 4.43. The first kappa shape index (κ1) is 10.8. The minimum atomic E-state index is 0.601. The Balaban J connectivity index is 2.18. The summed E-state index contributed by atoms with van der Waals surface area (Å²) in [5.41, 5.74) is 2.51. The van der Waals surface area contributed by atoms with Gasteiger partial charge in [0.05, 0.1) is 4.47 Å². The smallest absolute Gasteiger partial charge is 0.227 e. The second-order valence-corrected chi connectivity index (χ2v) is 4.90. The molecule has 0 aliphatic carbocycles. The second kappa shape index (κ2) is 4.17. The molecule has 0 saturated heterocycles. The topological polar surface area (TPSA) is 26.0 Å². The average Bonchev–Trinajstić information content (AvgIpc) is 2.75. The van der Waals surface area contributed by atoms with Gasteiger partial charge < -0.3 is 4.42 Å². The van der Waals surface area contributed by atoms with Crippen molar-refractivity contribution < 1.29 is 4.42 Å². The molecule has 4 heteroatoms. The summed E-state index contributed by atoms with van der Waals surface area (Å²) in [6.07, 6.45) is 0. The number of hydrogen-bond donors (Lipinski definition) is 0. The van der Waals surface area contributed by atoms with Gasteiger partial charge in [0.15, 0.2) is 5.58 Å².